The number of rotatable bonds is 1. The van der Waals surface area contributed by atoms with Gasteiger partial charge in [0.05, 0.1) is 11.9 Å². The summed E-state index contributed by atoms with van der Waals surface area (Å²) >= 11 is 3.47. The molecule has 0 saturated carbocycles. The fourth-order valence-electron chi connectivity index (χ4n) is 2.63. The molecule has 3 heterocycles. The summed E-state index contributed by atoms with van der Waals surface area (Å²) < 4.78 is 1.06. The highest BCUT2D eigenvalue weighted by atomic mass is 79.9. The molecule has 17 heavy (non-hydrogen) atoms. The smallest absolute Gasteiger partial charge is 0.0564 e. The van der Waals surface area contributed by atoms with Crippen molar-refractivity contribution in [3.63, 3.8) is 0 Å². The minimum Gasteiger partial charge on any atom is -0.368 e. The predicted molar refractivity (Wildman–Crippen MR) is 78.5 cm³/mol. The van der Waals surface area contributed by atoms with Crippen LogP contribution in [-0.2, 0) is 0 Å². The first-order valence-corrected chi connectivity index (χ1v) is 6.21. The van der Waals surface area contributed by atoms with Crippen LogP contribution >= 0.6 is 40.7 Å². The van der Waals surface area contributed by atoms with Crippen LogP contribution in [0.5, 0.6) is 0 Å². The highest BCUT2D eigenvalue weighted by molar-refractivity contribution is 9.10. The van der Waals surface area contributed by atoms with Gasteiger partial charge in [-0.15, -0.1) is 24.8 Å². The second-order valence-corrected chi connectivity index (χ2v) is 5.29. The summed E-state index contributed by atoms with van der Waals surface area (Å²) in [5, 5.41) is 3.56. The van der Waals surface area contributed by atoms with Gasteiger partial charge in [-0.3, -0.25) is 4.98 Å². The lowest BCUT2D eigenvalue weighted by Crippen LogP contribution is -2.30. The maximum absolute atomic E-state index is 4.21. The van der Waals surface area contributed by atoms with Crippen molar-refractivity contribution in [2.75, 3.05) is 24.5 Å². The summed E-state index contributed by atoms with van der Waals surface area (Å²) in [5.41, 5.74) is 1.24. The molecule has 6 heteroatoms. The largest absolute Gasteiger partial charge is 0.368 e. The van der Waals surface area contributed by atoms with Crippen molar-refractivity contribution in [1.82, 2.24) is 10.3 Å². The topological polar surface area (TPSA) is 28.2 Å². The second kappa shape index (κ2) is 6.23. The zero-order chi connectivity index (χ0) is 10.3. The maximum Gasteiger partial charge on any atom is 0.0564 e. The van der Waals surface area contributed by atoms with Gasteiger partial charge in [0.15, 0.2) is 0 Å². The van der Waals surface area contributed by atoms with Crippen LogP contribution in [0.25, 0.3) is 0 Å². The minimum absolute atomic E-state index is 0. The molecule has 0 bridgehead atoms. The molecular weight excluding hydrogens is 325 g/mol. The van der Waals surface area contributed by atoms with E-state index < -0.39 is 0 Å². The van der Waals surface area contributed by atoms with E-state index in [2.05, 4.69) is 37.2 Å². The zero-order valence-corrected chi connectivity index (χ0v) is 12.5. The monoisotopic (exact) mass is 339 g/mol. The number of hydrogen-bond donors (Lipinski definition) is 1. The number of nitrogens with one attached hydrogen (secondary N) is 1. The lowest BCUT2D eigenvalue weighted by molar-refractivity contribution is 0.556. The van der Waals surface area contributed by atoms with Gasteiger partial charge in [0.1, 0.15) is 0 Å². The van der Waals surface area contributed by atoms with Gasteiger partial charge >= 0.3 is 0 Å². The molecule has 3 rings (SSSR count). The Bertz CT molecular complexity index is 365. The van der Waals surface area contributed by atoms with E-state index in [1.807, 2.05) is 12.4 Å². The third-order valence-electron chi connectivity index (χ3n) is 3.42. The standard InChI is InChI=1S/C11H14BrN3.2ClH/c12-9-3-10(5-13-4-9)15-6-8-1-2-14-11(8)7-15;;/h3-5,8,11,14H,1-2,6-7H2;2*1H/t8-,11+;;/m1../s1. The summed E-state index contributed by atoms with van der Waals surface area (Å²) in [5.74, 6) is 0.837. The van der Waals surface area contributed by atoms with Crippen molar-refractivity contribution in [2.24, 2.45) is 5.92 Å². The Hall–Kier alpha value is -0.0300. The normalized spacial score (nSPS) is 26.1. The summed E-state index contributed by atoms with van der Waals surface area (Å²) in [7, 11) is 0. The molecule has 0 aliphatic carbocycles. The fourth-order valence-corrected chi connectivity index (χ4v) is 2.99. The van der Waals surface area contributed by atoms with Crippen molar-refractivity contribution < 1.29 is 0 Å². The maximum atomic E-state index is 4.21. The molecule has 3 nitrogen and oxygen atoms in total. The summed E-state index contributed by atoms with van der Waals surface area (Å²) in [6, 6.07) is 2.85. The van der Waals surface area contributed by atoms with Gasteiger partial charge in [0.2, 0.25) is 0 Å². The van der Waals surface area contributed by atoms with Gasteiger partial charge < -0.3 is 10.2 Å². The molecule has 1 aromatic heterocycles. The fraction of sp³-hybridized carbons (Fsp3) is 0.545. The summed E-state index contributed by atoms with van der Waals surface area (Å²) in [6.07, 6.45) is 5.10. The van der Waals surface area contributed by atoms with E-state index in [-0.39, 0.29) is 24.8 Å². The third kappa shape index (κ3) is 3.05. The SMILES string of the molecule is Brc1cncc(N2C[C@H]3CCN[C@H]3C2)c1.Cl.Cl. The number of halogens is 3. The average molecular weight is 341 g/mol. The van der Waals surface area contributed by atoms with E-state index in [9.17, 15) is 0 Å². The van der Waals surface area contributed by atoms with Crippen molar-refractivity contribution in [3.8, 4) is 0 Å². The zero-order valence-electron chi connectivity index (χ0n) is 9.30. The first-order valence-electron chi connectivity index (χ1n) is 5.42. The summed E-state index contributed by atoms with van der Waals surface area (Å²) in [4.78, 5) is 6.64. The number of pyridine rings is 1. The van der Waals surface area contributed by atoms with Gasteiger partial charge in [-0.1, -0.05) is 0 Å². The van der Waals surface area contributed by atoms with Crippen LogP contribution in [-0.4, -0.2) is 30.7 Å². The predicted octanol–water partition coefficient (Wildman–Crippen LogP) is 2.49. The van der Waals surface area contributed by atoms with Crippen molar-refractivity contribution in [2.45, 2.75) is 12.5 Å². The van der Waals surface area contributed by atoms with Crippen LogP contribution < -0.4 is 10.2 Å². The Morgan fingerprint density at radius 3 is 2.82 bits per heavy atom. The molecule has 2 atom stereocenters. The molecule has 2 aliphatic heterocycles. The molecule has 1 aromatic rings. The van der Waals surface area contributed by atoms with E-state index in [0.29, 0.717) is 6.04 Å². The molecule has 2 saturated heterocycles. The van der Waals surface area contributed by atoms with Crippen molar-refractivity contribution in [1.29, 1.82) is 0 Å². The number of aromatic nitrogens is 1. The third-order valence-corrected chi connectivity index (χ3v) is 3.85. The van der Waals surface area contributed by atoms with Crippen LogP contribution in [0.1, 0.15) is 6.42 Å². The first kappa shape index (κ1) is 15.0. The van der Waals surface area contributed by atoms with Crippen molar-refractivity contribution in [3.05, 3.63) is 22.9 Å². The Morgan fingerprint density at radius 1 is 1.29 bits per heavy atom. The highest BCUT2D eigenvalue weighted by Crippen LogP contribution is 2.29. The lowest BCUT2D eigenvalue weighted by atomic mass is 10.1. The first-order chi connectivity index (χ1) is 7.33. The number of nitrogens with zero attached hydrogens (tertiary/aromatic N) is 2. The van der Waals surface area contributed by atoms with E-state index in [1.165, 1.54) is 25.2 Å². The molecule has 0 aromatic carbocycles. The molecule has 96 valence electrons. The molecule has 0 amide bonds. The molecular formula is C11H16BrCl2N3. The Morgan fingerprint density at radius 2 is 2.12 bits per heavy atom. The molecule has 0 radical (unpaired) electrons. The van der Waals surface area contributed by atoms with Crippen LogP contribution in [0, 0.1) is 5.92 Å². The van der Waals surface area contributed by atoms with Gasteiger partial charge in [-0.2, -0.15) is 0 Å². The molecule has 1 N–H and O–H groups in total. The number of hydrogen-bond acceptors (Lipinski definition) is 3. The van der Waals surface area contributed by atoms with Gasteiger partial charge in [-0.05, 0) is 40.9 Å². The van der Waals surface area contributed by atoms with Crippen molar-refractivity contribution >= 4 is 46.4 Å². The van der Waals surface area contributed by atoms with Crippen LogP contribution in [0.4, 0.5) is 5.69 Å². The van der Waals surface area contributed by atoms with E-state index in [4.69, 9.17) is 0 Å². The minimum atomic E-state index is 0. The second-order valence-electron chi connectivity index (χ2n) is 4.38. The number of anilines is 1. The molecule has 0 spiro atoms. The van der Waals surface area contributed by atoms with Gasteiger partial charge in [0.25, 0.3) is 0 Å². The molecule has 2 aliphatic rings. The van der Waals surface area contributed by atoms with Gasteiger partial charge in [-0.25, -0.2) is 0 Å². The lowest BCUT2D eigenvalue weighted by Gasteiger charge is -2.19. The Balaban J connectivity index is 0.000000722. The van der Waals surface area contributed by atoms with E-state index >= 15 is 0 Å². The quantitative estimate of drug-likeness (QED) is 0.851. The Labute approximate surface area is 122 Å². The van der Waals surface area contributed by atoms with Crippen LogP contribution in [0.15, 0.2) is 22.9 Å². The Kier molecular flexibility index (Phi) is 5.51. The summed E-state index contributed by atoms with van der Waals surface area (Å²) in [6.45, 7) is 3.50. The van der Waals surface area contributed by atoms with Crippen LogP contribution in [0.2, 0.25) is 0 Å². The van der Waals surface area contributed by atoms with E-state index in [0.717, 1.165) is 16.9 Å². The van der Waals surface area contributed by atoms with E-state index in [1.54, 1.807) is 0 Å². The van der Waals surface area contributed by atoms with Gasteiger partial charge in [0, 0.05) is 29.8 Å². The average Bonchev–Trinajstić information content (AvgIpc) is 2.76. The molecule has 0 unspecified atom stereocenters. The van der Waals surface area contributed by atoms with Crippen LogP contribution in [0.3, 0.4) is 0 Å². The molecule has 2 fully saturated rings. The number of fused-ring (bicyclic) bond motifs is 1. The highest BCUT2D eigenvalue weighted by Gasteiger charge is 2.35.